The van der Waals surface area contributed by atoms with Gasteiger partial charge in [0.25, 0.3) is 0 Å². The first-order chi connectivity index (χ1) is 9.29. The molecular weight excluding hydrogens is 363 g/mol. The molecule has 2 aliphatic heterocycles. The molecule has 0 saturated carbocycles. The number of aliphatic imine (C=N–C) groups is 1. The average Bonchev–Trinajstić information content (AvgIpc) is 2.47. The lowest BCUT2D eigenvalue weighted by atomic mass is 9.97. The zero-order chi connectivity index (χ0) is 13.5. The minimum absolute atomic E-state index is 0. The summed E-state index contributed by atoms with van der Waals surface area (Å²) in [5, 5.41) is 0. The Balaban J connectivity index is 0.00000200. The molecule has 4 nitrogen and oxygen atoms in total. The minimum atomic E-state index is 0. The van der Waals surface area contributed by atoms with Gasteiger partial charge in [-0.3, -0.25) is 4.99 Å². The molecule has 2 heterocycles. The van der Waals surface area contributed by atoms with Crippen LogP contribution in [0.3, 0.4) is 0 Å². The van der Waals surface area contributed by atoms with E-state index in [0.29, 0.717) is 0 Å². The summed E-state index contributed by atoms with van der Waals surface area (Å²) in [5.74, 6) is 1.53. The summed E-state index contributed by atoms with van der Waals surface area (Å²) in [4.78, 5) is 9.48. The van der Waals surface area contributed by atoms with Crippen molar-refractivity contribution in [3.63, 3.8) is 0 Å². The number of likely N-dealkylation sites (tertiary alicyclic amines) is 2. The number of nitrogens with zero attached hydrogens (tertiary/aromatic N) is 3. The summed E-state index contributed by atoms with van der Waals surface area (Å²) >= 11 is 0. The summed E-state index contributed by atoms with van der Waals surface area (Å²) in [6.45, 7) is 9.15. The Bertz CT molecular complexity index is 282. The highest BCUT2D eigenvalue weighted by Crippen LogP contribution is 2.17. The van der Waals surface area contributed by atoms with Gasteiger partial charge < -0.3 is 15.5 Å². The van der Waals surface area contributed by atoms with E-state index >= 15 is 0 Å². The number of rotatable bonds is 4. The molecule has 0 aromatic rings. The van der Waals surface area contributed by atoms with E-state index in [1.165, 1.54) is 58.2 Å². The molecule has 0 aliphatic carbocycles. The van der Waals surface area contributed by atoms with Gasteiger partial charge in [0, 0.05) is 19.6 Å². The first-order valence-electron chi connectivity index (χ1n) is 8.07. The lowest BCUT2D eigenvalue weighted by Gasteiger charge is -2.31. The lowest BCUT2D eigenvalue weighted by molar-refractivity contribution is 0.188. The van der Waals surface area contributed by atoms with Crippen LogP contribution in [0.2, 0.25) is 0 Å². The largest absolute Gasteiger partial charge is 0.370 e. The number of halogens is 1. The summed E-state index contributed by atoms with van der Waals surface area (Å²) in [5.41, 5.74) is 6.11. The Morgan fingerprint density at radius 1 is 1.10 bits per heavy atom. The van der Waals surface area contributed by atoms with Crippen LogP contribution in [0.1, 0.15) is 45.4 Å². The third-order valence-electron chi connectivity index (χ3n) is 4.44. The summed E-state index contributed by atoms with van der Waals surface area (Å²) < 4.78 is 0. The first-order valence-corrected chi connectivity index (χ1v) is 8.07. The molecule has 0 amide bonds. The standard InChI is InChI=1S/C15H30N4.HI/c1-2-8-18-11-6-14(7-12-18)13-17-15(16)19-9-4-3-5-10-19;/h14H,2-13H2,1H3,(H2,16,17);1H. The predicted octanol–water partition coefficient (Wildman–Crippen LogP) is 2.53. The van der Waals surface area contributed by atoms with Crippen molar-refractivity contribution in [2.45, 2.75) is 45.4 Å². The number of hydrogen-bond acceptors (Lipinski definition) is 2. The van der Waals surface area contributed by atoms with Crippen LogP contribution in [0.15, 0.2) is 4.99 Å². The molecular formula is C15H31IN4. The van der Waals surface area contributed by atoms with Gasteiger partial charge in [0.2, 0.25) is 0 Å². The van der Waals surface area contributed by atoms with Crippen LogP contribution in [0, 0.1) is 5.92 Å². The van der Waals surface area contributed by atoms with Crippen molar-refractivity contribution in [2.24, 2.45) is 16.6 Å². The van der Waals surface area contributed by atoms with Crippen molar-refractivity contribution in [1.82, 2.24) is 9.80 Å². The van der Waals surface area contributed by atoms with E-state index in [1.807, 2.05) is 0 Å². The molecule has 0 aromatic carbocycles. The second-order valence-corrected chi connectivity index (χ2v) is 6.03. The summed E-state index contributed by atoms with van der Waals surface area (Å²) in [6, 6.07) is 0. The first kappa shape index (κ1) is 18.0. The maximum atomic E-state index is 6.11. The van der Waals surface area contributed by atoms with E-state index in [9.17, 15) is 0 Å². The van der Waals surface area contributed by atoms with Gasteiger partial charge in [-0.05, 0) is 64.1 Å². The van der Waals surface area contributed by atoms with E-state index in [4.69, 9.17) is 5.73 Å². The monoisotopic (exact) mass is 394 g/mol. The van der Waals surface area contributed by atoms with Crippen molar-refractivity contribution >= 4 is 29.9 Å². The van der Waals surface area contributed by atoms with Gasteiger partial charge in [-0.25, -0.2) is 0 Å². The van der Waals surface area contributed by atoms with Gasteiger partial charge in [-0.2, -0.15) is 0 Å². The second kappa shape index (κ2) is 9.82. The van der Waals surface area contributed by atoms with Crippen molar-refractivity contribution in [2.75, 3.05) is 39.3 Å². The Morgan fingerprint density at radius 3 is 2.35 bits per heavy atom. The second-order valence-electron chi connectivity index (χ2n) is 6.03. The molecule has 0 unspecified atom stereocenters. The highest BCUT2D eigenvalue weighted by Gasteiger charge is 2.19. The zero-order valence-corrected chi connectivity index (χ0v) is 15.2. The molecule has 20 heavy (non-hydrogen) atoms. The maximum Gasteiger partial charge on any atom is 0.191 e. The number of piperidine rings is 2. The molecule has 0 spiro atoms. The number of nitrogens with two attached hydrogens (primary N) is 1. The maximum absolute atomic E-state index is 6.11. The van der Waals surface area contributed by atoms with E-state index < -0.39 is 0 Å². The van der Waals surface area contributed by atoms with Crippen LogP contribution in [0.5, 0.6) is 0 Å². The van der Waals surface area contributed by atoms with Gasteiger partial charge in [-0.1, -0.05) is 6.92 Å². The Labute approximate surface area is 141 Å². The number of hydrogen-bond donors (Lipinski definition) is 1. The zero-order valence-electron chi connectivity index (χ0n) is 12.9. The number of guanidine groups is 1. The van der Waals surface area contributed by atoms with Crippen LogP contribution >= 0.6 is 24.0 Å². The molecule has 2 saturated heterocycles. The molecule has 2 rings (SSSR count). The minimum Gasteiger partial charge on any atom is -0.370 e. The van der Waals surface area contributed by atoms with Crippen LogP contribution in [0.25, 0.3) is 0 Å². The van der Waals surface area contributed by atoms with Crippen molar-refractivity contribution in [3.05, 3.63) is 0 Å². The predicted molar refractivity (Wildman–Crippen MR) is 96.8 cm³/mol. The van der Waals surface area contributed by atoms with Crippen LogP contribution in [0.4, 0.5) is 0 Å². The van der Waals surface area contributed by atoms with Crippen molar-refractivity contribution in [3.8, 4) is 0 Å². The van der Waals surface area contributed by atoms with Gasteiger partial charge in [-0.15, -0.1) is 24.0 Å². The SMILES string of the molecule is CCCN1CCC(CN=C(N)N2CCCCC2)CC1.I. The lowest BCUT2D eigenvalue weighted by Crippen LogP contribution is -2.41. The van der Waals surface area contributed by atoms with E-state index in [-0.39, 0.29) is 24.0 Å². The van der Waals surface area contributed by atoms with Crippen molar-refractivity contribution in [1.29, 1.82) is 0 Å². The molecule has 0 radical (unpaired) electrons. The molecule has 0 bridgehead atoms. The molecule has 0 atom stereocenters. The topological polar surface area (TPSA) is 44.9 Å². The highest BCUT2D eigenvalue weighted by molar-refractivity contribution is 14.0. The van der Waals surface area contributed by atoms with Gasteiger partial charge in [0.15, 0.2) is 5.96 Å². The Hall–Kier alpha value is -0.0400. The fourth-order valence-corrected chi connectivity index (χ4v) is 3.15. The summed E-state index contributed by atoms with van der Waals surface area (Å²) in [7, 11) is 0. The van der Waals surface area contributed by atoms with E-state index in [0.717, 1.165) is 31.5 Å². The van der Waals surface area contributed by atoms with Crippen LogP contribution < -0.4 is 5.73 Å². The fraction of sp³-hybridized carbons (Fsp3) is 0.933. The van der Waals surface area contributed by atoms with Crippen LogP contribution in [-0.4, -0.2) is 55.0 Å². The quantitative estimate of drug-likeness (QED) is 0.453. The third kappa shape index (κ3) is 5.76. The Kier molecular flexibility index (Phi) is 8.84. The third-order valence-corrected chi connectivity index (χ3v) is 4.44. The van der Waals surface area contributed by atoms with Gasteiger partial charge in [0.05, 0.1) is 0 Å². The van der Waals surface area contributed by atoms with Crippen molar-refractivity contribution < 1.29 is 0 Å². The van der Waals surface area contributed by atoms with Gasteiger partial charge >= 0.3 is 0 Å². The van der Waals surface area contributed by atoms with E-state index in [1.54, 1.807) is 0 Å². The van der Waals surface area contributed by atoms with Crippen LogP contribution in [-0.2, 0) is 0 Å². The molecule has 2 aliphatic rings. The smallest absolute Gasteiger partial charge is 0.191 e. The van der Waals surface area contributed by atoms with Gasteiger partial charge in [0.1, 0.15) is 0 Å². The fourth-order valence-electron chi connectivity index (χ4n) is 3.15. The summed E-state index contributed by atoms with van der Waals surface area (Å²) in [6.07, 6.45) is 7.73. The normalized spacial score (nSPS) is 22.6. The molecule has 5 heteroatoms. The Morgan fingerprint density at radius 2 is 1.75 bits per heavy atom. The highest BCUT2D eigenvalue weighted by atomic mass is 127. The molecule has 118 valence electrons. The molecule has 0 aromatic heterocycles. The molecule has 2 fully saturated rings. The molecule has 2 N–H and O–H groups in total. The van der Waals surface area contributed by atoms with E-state index in [2.05, 4.69) is 21.7 Å². The average molecular weight is 394 g/mol.